The van der Waals surface area contributed by atoms with Crippen molar-refractivity contribution in [3.8, 4) is 85.1 Å². The van der Waals surface area contributed by atoms with Crippen molar-refractivity contribution in [2.24, 2.45) is 0 Å². The molecule has 0 radical (unpaired) electrons. The zero-order valence-corrected chi connectivity index (χ0v) is 36.4. The predicted octanol–water partition coefficient (Wildman–Crippen LogP) is 14.7. The Kier molecular flexibility index (Phi) is 9.31. The minimum Gasteiger partial charge on any atom is -0.456 e. The fraction of sp³-hybridized carbons (Fsp3) is 0. The number of para-hydroxylation sites is 2. The molecule has 0 atom stereocenters. The van der Waals surface area contributed by atoms with E-state index in [-0.39, 0.29) is 0 Å². The summed E-state index contributed by atoms with van der Waals surface area (Å²) in [5, 5.41) is 4.32. The molecule has 0 aliphatic rings. The van der Waals surface area contributed by atoms with E-state index in [0.29, 0.717) is 34.9 Å². The third-order valence-corrected chi connectivity index (χ3v) is 12.5. The van der Waals surface area contributed by atoms with Gasteiger partial charge in [-0.25, -0.2) is 29.9 Å². The molecule has 0 bridgehead atoms. The molecular weight excluding hydrogens is 835 g/mol. The molecule has 0 unspecified atom stereocenters. The van der Waals surface area contributed by atoms with E-state index in [4.69, 9.17) is 34.3 Å². The second-order valence-electron chi connectivity index (χ2n) is 16.7. The standard InChI is InChI=1S/C60H37N7O/c1-5-17-38(18-6-1)55-61-56(39-19-7-2-8-20-39)64-59(63-55)44-29-32-46-45-25-13-15-27-50(45)67(52(46)37-44)51-33-30-42(43-31-34-54-48(35-43)47-26-14-16-28-53(47)68-54)36-49(51)60-65-57(40-21-9-3-10-22-40)62-58(66-60)41-23-11-4-12-24-41/h1-37H. The van der Waals surface area contributed by atoms with Crippen molar-refractivity contribution in [1.29, 1.82) is 0 Å². The van der Waals surface area contributed by atoms with Gasteiger partial charge in [0.25, 0.3) is 0 Å². The molecule has 68 heavy (non-hydrogen) atoms. The molecule has 0 saturated carbocycles. The first-order valence-electron chi connectivity index (χ1n) is 22.5. The van der Waals surface area contributed by atoms with Gasteiger partial charge in [-0.15, -0.1) is 0 Å². The van der Waals surface area contributed by atoms with Crippen LogP contribution >= 0.6 is 0 Å². The smallest absolute Gasteiger partial charge is 0.166 e. The zero-order valence-electron chi connectivity index (χ0n) is 36.4. The molecule has 0 saturated heterocycles. The lowest BCUT2D eigenvalue weighted by molar-refractivity contribution is 0.669. The number of aromatic nitrogens is 7. The Bertz CT molecular complexity index is 3900. The second kappa shape index (κ2) is 16.2. The summed E-state index contributed by atoms with van der Waals surface area (Å²) < 4.78 is 8.58. The minimum absolute atomic E-state index is 0.545. The Morgan fingerprint density at radius 3 is 1.28 bits per heavy atom. The van der Waals surface area contributed by atoms with Gasteiger partial charge >= 0.3 is 0 Å². The third-order valence-electron chi connectivity index (χ3n) is 12.5. The fourth-order valence-electron chi connectivity index (χ4n) is 9.23. The summed E-state index contributed by atoms with van der Waals surface area (Å²) in [7, 11) is 0. The van der Waals surface area contributed by atoms with Crippen LogP contribution in [0.5, 0.6) is 0 Å². The van der Waals surface area contributed by atoms with E-state index in [9.17, 15) is 0 Å². The summed E-state index contributed by atoms with van der Waals surface area (Å²) in [4.78, 5) is 30.9. The normalized spacial score (nSPS) is 11.5. The maximum Gasteiger partial charge on any atom is 0.166 e. The van der Waals surface area contributed by atoms with E-state index in [2.05, 4.69) is 95.6 Å². The van der Waals surface area contributed by atoms with Gasteiger partial charge in [0.05, 0.1) is 16.7 Å². The van der Waals surface area contributed by atoms with E-state index in [0.717, 1.165) is 93.9 Å². The maximum atomic E-state index is 6.25. The molecule has 0 amide bonds. The molecule has 0 aliphatic carbocycles. The quantitative estimate of drug-likeness (QED) is 0.150. The van der Waals surface area contributed by atoms with E-state index >= 15 is 0 Å². The van der Waals surface area contributed by atoms with Crippen molar-refractivity contribution in [2.75, 3.05) is 0 Å². The van der Waals surface area contributed by atoms with Crippen LogP contribution in [0.3, 0.4) is 0 Å². The van der Waals surface area contributed by atoms with Crippen LogP contribution in [0.25, 0.3) is 129 Å². The first kappa shape index (κ1) is 39.0. The molecule has 13 aromatic rings. The number of furan rings is 1. The number of benzene rings is 9. The van der Waals surface area contributed by atoms with Crippen molar-refractivity contribution in [2.45, 2.75) is 0 Å². The number of fused-ring (bicyclic) bond motifs is 6. The molecule has 0 fully saturated rings. The van der Waals surface area contributed by atoms with Crippen LogP contribution in [-0.4, -0.2) is 34.5 Å². The van der Waals surface area contributed by atoms with Gasteiger partial charge in [0.15, 0.2) is 34.9 Å². The van der Waals surface area contributed by atoms with Crippen LogP contribution in [0.1, 0.15) is 0 Å². The number of hydrogen-bond acceptors (Lipinski definition) is 7. The lowest BCUT2D eigenvalue weighted by Crippen LogP contribution is -2.04. The molecule has 8 heteroatoms. The lowest BCUT2D eigenvalue weighted by Gasteiger charge is -2.17. The van der Waals surface area contributed by atoms with E-state index in [1.807, 2.05) is 133 Å². The second-order valence-corrected chi connectivity index (χ2v) is 16.7. The maximum absolute atomic E-state index is 6.25. The summed E-state index contributed by atoms with van der Waals surface area (Å²) in [6, 6.07) is 76.5. The van der Waals surface area contributed by atoms with Gasteiger partial charge in [-0.05, 0) is 53.6 Å². The van der Waals surface area contributed by atoms with Crippen LogP contribution in [0.2, 0.25) is 0 Å². The Morgan fingerprint density at radius 2 is 0.691 bits per heavy atom. The predicted molar refractivity (Wildman–Crippen MR) is 273 cm³/mol. The van der Waals surface area contributed by atoms with Crippen molar-refractivity contribution in [3.05, 3.63) is 224 Å². The molecule has 0 N–H and O–H groups in total. The molecular formula is C60H37N7O. The van der Waals surface area contributed by atoms with Crippen molar-refractivity contribution in [3.63, 3.8) is 0 Å². The zero-order chi connectivity index (χ0) is 45.0. The van der Waals surface area contributed by atoms with Crippen LogP contribution in [-0.2, 0) is 0 Å². The van der Waals surface area contributed by atoms with E-state index in [1.54, 1.807) is 0 Å². The Labute approximate surface area is 390 Å². The van der Waals surface area contributed by atoms with Crippen molar-refractivity contribution in [1.82, 2.24) is 34.5 Å². The highest BCUT2D eigenvalue weighted by Gasteiger charge is 2.22. The Hall–Kier alpha value is -9.40. The van der Waals surface area contributed by atoms with Crippen LogP contribution in [0.4, 0.5) is 0 Å². The van der Waals surface area contributed by atoms with Gasteiger partial charge in [0, 0.05) is 54.9 Å². The molecule has 4 aromatic heterocycles. The van der Waals surface area contributed by atoms with Gasteiger partial charge in [-0.2, -0.15) is 0 Å². The van der Waals surface area contributed by atoms with Gasteiger partial charge in [-0.1, -0.05) is 182 Å². The molecule has 8 nitrogen and oxygen atoms in total. The monoisotopic (exact) mass is 871 g/mol. The number of rotatable bonds is 8. The SMILES string of the molecule is c1ccc(-c2nc(-c3ccccc3)nc(-c3ccc4c5ccccc5n(-c5ccc(-c6ccc7oc8ccccc8c7c6)cc5-c5nc(-c6ccccc6)nc(-c6ccccc6)n5)c4c3)n2)cc1. The highest BCUT2D eigenvalue weighted by molar-refractivity contribution is 6.11. The fourth-order valence-corrected chi connectivity index (χ4v) is 9.23. The summed E-state index contributed by atoms with van der Waals surface area (Å²) in [6.45, 7) is 0. The van der Waals surface area contributed by atoms with E-state index < -0.39 is 0 Å². The topological polar surface area (TPSA) is 95.4 Å². The third kappa shape index (κ3) is 6.87. The molecule has 0 aliphatic heterocycles. The molecule has 9 aromatic carbocycles. The molecule has 0 spiro atoms. The summed E-state index contributed by atoms with van der Waals surface area (Å²) in [6.07, 6.45) is 0. The molecule has 318 valence electrons. The highest BCUT2D eigenvalue weighted by Crippen LogP contribution is 2.41. The average molecular weight is 872 g/mol. The first-order valence-corrected chi connectivity index (χ1v) is 22.5. The Balaban J connectivity index is 1.07. The van der Waals surface area contributed by atoms with E-state index in [1.165, 1.54) is 0 Å². The largest absolute Gasteiger partial charge is 0.456 e. The average Bonchev–Trinajstić information content (AvgIpc) is 3.96. The number of hydrogen-bond donors (Lipinski definition) is 0. The first-order chi connectivity index (χ1) is 33.7. The molecule has 13 rings (SSSR count). The van der Waals surface area contributed by atoms with Gasteiger partial charge in [0.2, 0.25) is 0 Å². The number of nitrogens with zero attached hydrogens (tertiary/aromatic N) is 7. The lowest BCUT2D eigenvalue weighted by atomic mass is 9.99. The molecule has 4 heterocycles. The summed E-state index contributed by atoms with van der Waals surface area (Å²) >= 11 is 0. The summed E-state index contributed by atoms with van der Waals surface area (Å²) in [5.41, 5.74) is 12.0. The van der Waals surface area contributed by atoms with Crippen molar-refractivity contribution < 1.29 is 4.42 Å². The van der Waals surface area contributed by atoms with Crippen molar-refractivity contribution >= 4 is 43.7 Å². The summed E-state index contributed by atoms with van der Waals surface area (Å²) in [5.74, 6) is 3.50. The van der Waals surface area contributed by atoms with Gasteiger partial charge in [0.1, 0.15) is 11.2 Å². The van der Waals surface area contributed by atoms with Crippen LogP contribution < -0.4 is 0 Å². The minimum atomic E-state index is 0.545. The van der Waals surface area contributed by atoms with Gasteiger partial charge in [-0.3, -0.25) is 0 Å². The highest BCUT2D eigenvalue weighted by atomic mass is 16.3. The van der Waals surface area contributed by atoms with Crippen LogP contribution in [0, 0.1) is 0 Å². The Morgan fingerprint density at radius 1 is 0.265 bits per heavy atom. The van der Waals surface area contributed by atoms with Crippen LogP contribution in [0.15, 0.2) is 229 Å². The van der Waals surface area contributed by atoms with Gasteiger partial charge < -0.3 is 8.98 Å².